The van der Waals surface area contributed by atoms with E-state index in [1.807, 2.05) is 0 Å². The lowest BCUT2D eigenvalue weighted by Crippen LogP contribution is -2.10. The molecule has 0 bridgehead atoms. The molecule has 0 N–H and O–H groups in total. The molecule has 0 unspecified atom stereocenters. The summed E-state index contributed by atoms with van der Waals surface area (Å²) >= 11 is 2.39. The van der Waals surface area contributed by atoms with Crippen LogP contribution in [0.2, 0.25) is 0 Å². The molecule has 0 saturated heterocycles. The number of hydrogen-bond donors (Lipinski definition) is 0. The maximum absolute atomic E-state index is 2.39. The summed E-state index contributed by atoms with van der Waals surface area (Å²) in [5.74, 6) is 0. The fraction of sp³-hybridized carbons (Fsp3) is 0.500. The molecule has 0 aliphatic rings. The zero-order chi connectivity index (χ0) is 10.2. The van der Waals surface area contributed by atoms with Gasteiger partial charge in [-0.05, 0) is 18.6 Å². The molecule has 14 heavy (non-hydrogen) atoms. The standard InChI is InChI=1S/C12H18IN/c1-2-3-4-8-11-14(13)12-9-6-5-7-10-12/h5-7,9-10H,2-4,8,11H2,1H3. The lowest BCUT2D eigenvalue weighted by atomic mass is 10.2. The van der Waals surface area contributed by atoms with Crippen LogP contribution in [-0.2, 0) is 0 Å². The van der Waals surface area contributed by atoms with Crippen LogP contribution < -0.4 is 3.11 Å². The van der Waals surface area contributed by atoms with Crippen molar-refractivity contribution in [3.8, 4) is 0 Å². The predicted octanol–water partition coefficient (Wildman–Crippen LogP) is 4.42. The molecule has 0 aliphatic heterocycles. The first-order valence-corrected chi connectivity index (χ1v) is 6.29. The summed E-state index contributed by atoms with van der Waals surface area (Å²) in [6, 6.07) is 10.6. The molecule has 1 nitrogen and oxygen atoms in total. The van der Waals surface area contributed by atoms with Gasteiger partial charge >= 0.3 is 0 Å². The van der Waals surface area contributed by atoms with Crippen LogP contribution in [0.3, 0.4) is 0 Å². The first-order valence-electron chi connectivity index (χ1n) is 5.33. The molecule has 0 aromatic heterocycles. The van der Waals surface area contributed by atoms with E-state index in [-0.39, 0.29) is 0 Å². The average Bonchev–Trinajstić information content (AvgIpc) is 2.25. The summed E-state index contributed by atoms with van der Waals surface area (Å²) in [6.07, 6.45) is 5.32. The highest BCUT2D eigenvalue weighted by Crippen LogP contribution is 2.18. The normalized spacial score (nSPS) is 10.1. The average molecular weight is 303 g/mol. The quantitative estimate of drug-likeness (QED) is 0.427. The minimum atomic E-state index is 1.16. The van der Waals surface area contributed by atoms with Gasteiger partial charge in [-0.3, -0.25) is 0 Å². The van der Waals surface area contributed by atoms with Crippen LogP contribution in [0.5, 0.6) is 0 Å². The number of hydrogen-bond acceptors (Lipinski definition) is 1. The van der Waals surface area contributed by atoms with Crippen LogP contribution >= 0.6 is 22.9 Å². The molecule has 1 rings (SSSR count). The third-order valence-corrected chi connectivity index (χ3v) is 3.28. The molecule has 2 heteroatoms. The minimum Gasteiger partial charge on any atom is -0.315 e. The molecule has 0 amide bonds. The van der Waals surface area contributed by atoms with E-state index in [1.54, 1.807) is 0 Å². The zero-order valence-corrected chi connectivity index (χ0v) is 10.9. The Kier molecular flexibility index (Phi) is 5.99. The van der Waals surface area contributed by atoms with Crippen molar-refractivity contribution in [2.45, 2.75) is 32.6 Å². The maximum Gasteiger partial charge on any atom is 0.0591 e. The second kappa shape index (κ2) is 7.10. The summed E-state index contributed by atoms with van der Waals surface area (Å²) in [5, 5.41) is 0. The SMILES string of the molecule is CCCCCCN(I)c1ccccc1. The van der Waals surface area contributed by atoms with Gasteiger partial charge in [0.05, 0.1) is 22.9 Å². The van der Waals surface area contributed by atoms with Gasteiger partial charge in [-0.1, -0.05) is 44.4 Å². The van der Waals surface area contributed by atoms with Gasteiger partial charge in [-0.25, -0.2) is 0 Å². The van der Waals surface area contributed by atoms with Gasteiger partial charge in [0.1, 0.15) is 0 Å². The van der Waals surface area contributed by atoms with E-state index in [0.717, 1.165) is 6.54 Å². The van der Waals surface area contributed by atoms with Crippen molar-refractivity contribution in [2.24, 2.45) is 0 Å². The second-order valence-corrected chi connectivity index (χ2v) is 4.65. The Balaban J connectivity index is 2.25. The summed E-state index contributed by atoms with van der Waals surface area (Å²) in [7, 11) is 0. The van der Waals surface area contributed by atoms with E-state index >= 15 is 0 Å². The van der Waals surface area contributed by atoms with E-state index < -0.39 is 0 Å². The molecule has 0 fully saturated rings. The number of rotatable bonds is 6. The van der Waals surface area contributed by atoms with Gasteiger partial charge in [0, 0.05) is 12.2 Å². The number of halogens is 1. The van der Waals surface area contributed by atoms with Gasteiger partial charge in [0.15, 0.2) is 0 Å². The predicted molar refractivity (Wildman–Crippen MR) is 72.0 cm³/mol. The fourth-order valence-electron chi connectivity index (χ4n) is 1.40. The Morgan fingerprint density at radius 2 is 1.79 bits per heavy atom. The van der Waals surface area contributed by atoms with Crippen LogP contribution in [0, 0.1) is 0 Å². The molecular formula is C12H18IN. The smallest absolute Gasteiger partial charge is 0.0591 e. The van der Waals surface area contributed by atoms with Crippen molar-refractivity contribution in [3.63, 3.8) is 0 Å². The highest BCUT2D eigenvalue weighted by Gasteiger charge is 1.99. The van der Waals surface area contributed by atoms with E-state index in [1.165, 1.54) is 31.4 Å². The van der Waals surface area contributed by atoms with Crippen molar-refractivity contribution in [1.29, 1.82) is 0 Å². The third kappa shape index (κ3) is 4.31. The second-order valence-electron chi connectivity index (χ2n) is 3.48. The third-order valence-electron chi connectivity index (χ3n) is 2.24. The summed E-state index contributed by atoms with van der Waals surface area (Å²) in [6.45, 7) is 3.41. The van der Waals surface area contributed by atoms with Crippen molar-refractivity contribution in [1.82, 2.24) is 0 Å². The van der Waals surface area contributed by atoms with E-state index in [2.05, 4.69) is 63.2 Å². The summed E-state index contributed by atoms with van der Waals surface area (Å²) in [5.41, 5.74) is 1.31. The van der Waals surface area contributed by atoms with Gasteiger partial charge < -0.3 is 3.11 Å². The highest BCUT2D eigenvalue weighted by atomic mass is 127. The molecule has 0 aliphatic carbocycles. The number of unbranched alkanes of at least 4 members (excludes halogenated alkanes) is 3. The number of nitrogens with zero attached hydrogens (tertiary/aromatic N) is 1. The van der Waals surface area contributed by atoms with Gasteiger partial charge in [0.25, 0.3) is 0 Å². The lowest BCUT2D eigenvalue weighted by Gasteiger charge is -2.15. The molecule has 0 heterocycles. The molecule has 1 aromatic carbocycles. The van der Waals surface area contributed by atoms with E-state index in [4.69, 9.17) is 0 Å². The van der Waals surface area contributed by atoms with Crippen molar-refractivity contribution < 1.29 is 0 Å². The molecule has 0 atom stereocenters. The Labute approximate surface area is 101 Å². The Morgan fingerprint density at radius 1 is 1.07 bits per heavy atom. The molecule has 1 aromatic rings. The van der Waals surface area contributed by atoms with Crippen LogP contribution in [0.15, 0.2) is 30.3 Å². The summed E-state index contributed by atoms with van der Waals surface area (Å²) in [4.78, 5) is 0. The fourth-order valence-corrected chi connectivity index (χ4v) is 2.06. The van der Waals surface area contributed by atoms with Gasteiger partial charge in [-0.15, -0.1) is 0 Å². The van der Waals surface area contributed by atoms with Crippen LogP contribution in [0.1, 0.15) is 32.6 Å². The molecular weight excluding hydrogens is 285 g/mol. The monoisotopic (exact) mass is 303 g/mol. The van der Waals surface area contributed by atoms with Crippen LogP contribution in [0.4, 0.5) is 5.69 Å². The zero-order valence-electron chi connectivity index (χ0n) is 8.75. The Hall–Kier alpha value is -0.250. The van der Waals surface area contributed by atoms with E-state index in [0.29, 0.717) is 0 Å². The van der Waals surface area contributed by atoms with Crippen LogP contribution in [-0.4, -0.2) is 6.54 Å². The first-order chi connectivity index (χ1) is 6.84. The summed E-state index contributed by atoms with van der Waals surface area (Å²) < 4.78 is 2.30. The largest absolute Gasteiger partial charge is 0.315 e. The first kappa shape index (κ1) is 11.8. The molecule has 78 valence electrons. The van der Waals surface area contributed by atoms with Gasteiger partial charge in [-0.2, -0.15) is 0 Å². The van der Waals surface area contributed by atoms with Gasteiger partial charge in [0.2, 0.25) is 0 Å². The van der Waals surface area contributed by atoms with Crippen molar-refractivity contribution in [2.75, 3.05) is 9.66 Å². The molecule has 0 radical (unpaired) electrons. The number of benzene rings is 1. The number of para-hydroxylation sites is 1. The van der Waals surface area contributed by atoms with Crippen molar-refractivity contribution in [3.05, 3.63) is 30.3 Å². The lowest BCUT2D eigenvalue weighted by molar-refractivity contribution is 0.679. The van der Waals surface area contributed by atoms with E-state index in [9.17, 15) is 0 Å². The number of anilines is 1. The van der Waals surface area contributed by atoms with Crippen molar-refractivity contribution >= 4 is 28.6 Å². The Bertz CT molecular complexity index is 235. The highest BCUT2D eigenvalue weighted by molar-refractivity contribution is 14.1. The van der Waals surface area contributed by atoms with Crippen LogP contribution in [0.25, 0.3) is 0 Å². The maximum atomic E-state index is 2.39. The minimum absolute atomic E-state index is 1.16. The topological polar surface area (TPSA) is 3.24 Å². The molecule has 0 spiro atoms. The molecule has 0 saturated carbocycles. The Morgan fingerprint density at radius 3 is 2.43 bits per heavy atom.